The van der Waals surface area contributed by atoms with Crippen LogP contribution in [0.25, 0.3) is 0 Å². The summed E-state index contributed by atoms with van der Waals surface area (Å²) in [5.74, 6) is -0.353. The maximum Gasteiger partial charge on any atom is 0.253 e. The number of carbonyl (C=O) groups is 1. The number of carbonyl (C=O) groups excluding carboxylic acids is 1. The molecule has 0 bridgehead atoms. The molecule has 24 heavy (non-hydrogen) atoms. The van der Waals surface area contributed by atoms with Gasteiger partial charge in [-0.25, -0.2) is 8.42 Å². The van der Waals surface area contributed by atoms with Gasteiger partial charge in [-0.2, -0.15) is 9.57 Å². The molecule has 1 saturated heterocycles. The molecule has 3 heterocycles. The number of hydrogen-bond donors (Lipinski definition) is 1. The SMILES string of the molecule is N#CC1=C(NC(=O)[C@@H]2CCCN2S(=O)(=O)c2ccc(Cl)s2)OCC1. The third-order valence-electron chi connectivity index (χ3n) is 3.86. The summed E-state index contributed by atoms with van der Waals surface area (Å²) in [5.41, 5.74) is 0.362. The lowest BCUT2D eigenvalue weighted by Gasteiger charge is -2.22. The van der Waals surface area contributed by atoms with Crippen molar-refractivity contribution in [2.24, 2.45) is 0 Å². The van der Waals surface area contributed by atoms with Crippen molar-refractivity contribution in [1.82, 2.24) is 9.62 Å². The minimum absolute atomic E-state index is 0.112. The molecule has 1 fully saturated rings. The lowest BCUT2D eigenvalue weighted by Crippen LogP contribution is -2.45. The molecular weight excluding hydrogens is 374 g/mol. The van der Waals surface area contributed by atoms with E-state index in [4.69, 9.17) is 21.6 Å². The van der Waals surface area contributed by atoms with Crippen molar-refractivity contribution in [3.05, 3.63) is 27.9 Å². The van der Waals surface area contributed by atoms with Gasteiger partial charge < -0.3 is 4.74 Å². The Labute approximate surface area is 148 Å². The van der Waals surface area contributed by atoms with Crippen molar-refractivity contribution < 1.29 is 17.9 Å². The minimum Gasteiger partial charge on any atom is -0.478 e. The van der Waals surface area contributed by atoms with Crippen molar-refractivity contribution in [2.75, 3.05) is 13.2 Å². The first-order valence-electron chi connectivity index (χ1n) is 7.27. The maximum atomic E-state index is 12.7. The molecule has 128 valence electrons. The molecular formula is C14H14ClN3O4S2. The molecule has 1 N–H and O–H groups in total. The summed E-state index contributed by atoms with van der Waals surface area (Å²) in [6, 6.07) is 4.10. The van der Waals surface area contributed by atoms with Crippen molar-refractivity contribution in [2.45, 2.75) is 29.5 Å². The van der Waals surface area contributed by atoms with Crippen LogP contribution in [0.1, 0.15) is 19.3 Å². The number of halogens is 1. The lowest BCUT2D eigenvalue weighted by atomic mass is 10.2. The van der Waals surface area contributed by atoms with Gasteiger partial charge in [-0.1, -0.05) is 11.6 Å². The number of rotatable bonds is 4. The normalized spacial score (nSPS) is 21.6. The molecule has 1 atom stereocenters. The highest BCUT2D eigenvalue weighted by molar-refractivity contribution is 7.91. The van der Waals surface area contributed by atoms with Gasteiger partial charge >= 0.3 is 0 Å². The van der Waals surface area contributed by atoms with Gasteiger partial charge in [-0.05, 0) is 25.0 Å². The second kappa shape index (κ2) is 6.72. The van der Waals surface area contributed by atoms with Crippen molar-refractivity contribution in [1.29, 1.82) is 5.26 Å². The highest BCUT2D eigenvalue weighted by atomic mass is 35.5. The Hall–Kier alpha value is -1.60. The fraction of sp³-hybridized carbons (Fsp3) is 0.429. The Bertz CT molecular complexity index is 840. The molecule has 1 aromatic rings. The standard InChI is InChI=1S/C14H14ClN3O4S2/c15-11-3-4-12(23-11)24(20,21)18-6-1-2-10(18)13(19)17-14-9(8-16)5-7-22-14/h3-4,10H,1-2,5-7H2,(H,17,19)/t10-/m0/s1. The number of thiophene rings is 1. The van der Waals surface area contributed by atoms with Crippen LogP contribution in [0.3, 0.4) is 0 Å². The van der Waals surface area contributed by atoms with Gasteiger partial charge in [0.05, 0.1) is 16.5 Å². The van der Waals surface area contributed by atoms with E-state index in [1.807, 2.05) is 6.07 Å². The first-order valence-corrected chi connectivity index (χ1v) is 9.91. The van der Waals surface area contributed by atoms with Gasteiger partial charge in [0, 0.05) is 13.0 Å². The average molecular weight is 388 g/mol. The molecule has 3 rings (SSSR count). The molecule has 0 aromatic carbocycles. The van der Waals surface area contributed by atoms with Gasteiger partial charge in [0.1, 0.15) is 16.3 Å². The molecule has 1 aromatic heterocycles. The monoisotopic (exact) mass is 387 g/mol. The third-order valence-corrected chi connectivity index (χ3v) is 7.47. The summed E-state index contributed by atoms with van der Waals surface area (Å²) in [7, 11) is -3.78. The van der Waals surface area contributed by atoms with E-state index in [0.29, 0.717) is 35.8 Å². The van der Waals surface area contributed by atoms with Gasteiger partial charge in [0.2, 0.25) is 11.8 Å². The van der Waals surface area contributed by atoms with E-state index in [-0.39, 0.29) is 16.6 Å². The summed E-state index contributed by atoms with van der Waals surface area (Å²) in [5, 5.41) is 11.5. The van der Waals surface area contributed by atoms with Crippen LogP contribution in [0.2, 0.25) is 4.34 Å². The van der Waals surface area contributed by atoms with Gasteiger partial charge in [0.15, 0.2) is 0 Å². The van der Waals surface area contributed by atoms with Crippen molar-refractivity contribution >= 4 is 38.9 Å². The zero-order valence-electron chi connectivity index (χ0n) is 12.5. The summed E-state index contributed by atoms with van der Waals surface area (Å²) >= 11 is 6.78. The lowest BCUT2D eigenvalue weighted by molar-refractivity contribution is -0.124. The van der Waals surface area contributed by atoms with E-state index in [0.717, 1.165) is 11.3 Å². The zero-order chi connectivity index (χ0) is 17.3. The number of hydrogen-bond acceptors (Lipinski definition) is 6. The van der Waals surface area contributed by atoms with E-state index < -0.39 is 22.0 Å². The van der Waals surface area contributed by atoms with E-state index >= 15 is 0 Å². The van der Waals surface area contributed by atoms with E-state index in [9.17, 15) is 13.2 Å². The summed E-state index contributed by atoms with van der Waals surface area (Å²) in [6.45, 7) is 0.597. The second-order valence-corrected chi connectivity index (χ2v) is 9.17. The molecule has 0 radical (unpaired) electrons. The summed E-state index contributed by atoms with van der Waals surface area (Å²) in [6.07, 6.45) is 1.44. The highest BCUT2D eigenvalue weighted by Crippen LogP contribution is 2.32. The molecule has 0 aliphatic carbocycles. The molecule has 10 heteroatoms. The Morgan fingerprint density at radius 1 is 1.50 bits per heavy atom. The van der Waals surface area contributed by atoms with Crippen LogP contribution in [0.5, 0.6) is 0 Å². The summed E-state index contributed by atoms with van der Waals surface area (Å²) < 4.78 is 32.4. The van der Waals surface area contributed by atoms with Crippen LogP contribution in [0, 0.1) is 11.3 Å². The Morgan fingerprint density at radius 2 is 2.29 bits per heavy atom. The van der Waals surface area contributed by atoms with E-state index in [1.165, 1.54) is 16.4 Å². The topological polar surface area (TPSA) is 99.5 Å². The van der Waals surface area contributed by atoms with Crippen LogP contribution in [0.4, 0.5) is 0 Å². The molecule has 1 amide bonds. The average Bonchev–Trinajstić information content (AvgIpc) is 3.26. The number of nitrogens with one attached hydrogen (secondary N) is 1. The van der Waals surface area contributed by atoms with Crippen molar-refractivity contribution in [3.8, 4) is 6.07 Å². The number of amides is 1. The van der Waals surface area contributed by atoms with Crippen LogP contribution in [-0.4, -0.2) is 37.8 Å². The first kappa shape index (κ1) is 17.2. The van der Waals surface area contributed by atoms with Crippen LogP contribution in [-0.2, 0) is 19.6 Å². The van der Waals surface area contributed by atoms with Crippen molar-refractivity contribution in [3.63, 3.8) is 0 Å². The molecule has 2 aliphatic rings. The molecule has 0 unspecified atom stereocenters. The fourth-order valence-electron chi connectivity index (χ4n) is 2.71. The molecule has 2 aliphatic heterocycles. The van der Waals surface area contributed by atoms with Gasteiger partial charge in [0.25, 0.3) is 10.0 Å². The van der Waals surface area contributed by atoms with E-state index in [2.05, 4.69) is 5.32 Å². The Balaban J connectivity index is 1.81. The largest absolute Gasteiger partial charge is 0.478 e. The first-order chi connectivity index (χ1) is 11.4. The Morgan fingerprint density at radius 3 is 2.96 bits per heavy atom. The third kappa shape index (κ3) is 3.15. The smallest absolute Gasteiger partial charge is 0.253 e. The number of nitrogens with zero attached hydrogens (tertiary/aromatic N) is 2. The summed E-state index contributed by atoms with van der Waals surface area (Å²) in [4.78, 5) is 12.5. The minimum atomic E-state index is -3.78. The Kier molecular flexibility index (Phi) is 4.83. The zero-order valence-corrected chi connectivity index (χ0v) is 14.9. The van der Waals surface area contributed by atoms with Crippen LogP contribution < -0.4 is 5.32 Å². The van der Waals surface area contributed by atoms with E-state index in [1.54, 1.807) is 0 Å². The molecule has 0 saturated carbocycles. The maximum absolute atomic E-state index is 12.7. The van der Waals surface area contributed by atoms with Gasteiger partial charge in [-0.3, -0.25) is 10.1 Å². The number of ether oxygens (including phenoxy) is 1. The van der Waals surface area contributed by atoms with Crippen LogP contribution in [0.15, 0.2) is 27.8 Å². The molecule has 0 spiro atoms. The second-order valence-electron chi connectivity index (χ2n) is 5.34. The predicted molar refractivity (Wildman–Crippen MR) is 87.6 cm³/mol. The number of nitriles is 1. The quantitative estimate of drug-likeness (QED) is 0.849. The van der Waals surface area contributed by atoms with Gasteiger partial charge in [-0.15, -0.1) is 11.3 Å². The predicted octanol–water partition coefficient (Wildman–Crippen LogP) is 1.83. The highest BCUT2D eigenvalue weighted by Gasteiger charge is 2.40. The molecule has 7 nitrogen and oxygen atoms in total. The van der Waals surface area contributed by atoms with Crippen LogP contribution >= 0.6 is 22.9 Å². The fourth-order valence-corrected chi connectivity index (χ4v) is 5.98. The number of sulfonamides is 1.